The Balaban J connectivity index is 1.47. The van der Waals surface area contributed by atoms with E-state index in [1.165, 1.54) is 28.6 Å². The summed E-state index contributed by atoms with van der Waals surface area (Å²) in [5.41, 5.74) is 1.70. The van der Waals surface area contributed by atoms with Crippen LogP contribution >= 0.6 is 11.6 Å². The van der Waals surface area contributed by atoms with Gasteiger partial charge in [0.2, 0.25) is 10.0 Å². The Morgan fingerprint density at radius 1 is 1.07 bits per heavy atom. The molecule has 1 aliphatic heterocycles. The van der Waals surface area contributed by atoms with Crippen molar-refractivity contribution in [3.8, 4) is 0 Å². The lowest BCUT2D eigenvalue weighted by molar-refractivity contribution is -0.152. The number of esters is 1. The second-order valence-corrected chi connectivity index (χ2v) is 9.53. The number of carbonyl (C=O) groups excluding carboxylic acids is 2. The third kappa shape index (κ3) is 5.59. The predicted octanol–water partition coefficient (Wildman–Crippen LogP) is 3.23. The van der Waals surface area contributed by atoms with Crippen molar-refractivity contribution in [1.82, 2.24) is 4.31 Å². The molecule has 0 radical (unpaired) electrons. The number of benzene rings is 2. The van der Waals surface area contributed by atoms with E-state index < -0.39 is 27.8 Å². The zero-order chi connectivity index (χ0) is 21.7. The lowest BCUT2D eigenvalue weighted by Crippen LogP contribution is -2.40. The molecule has 1 aliphatic rings. The quantitative estimate of drug-likeness (QED) is 0.682. The second-order valence-electron chi connectivity index (χ2n) is 7.15. The molecule has 0 aromatic heterocycles. The molecule has 2 aromatic carbocycles. The zero-order valence-electron chi connectivity index (χ0n) is 16.5. The van der Waals surface area contributed by atoms with Crippen molar-refractivity contribution in [3.05, 3.63) is 59.1 Å². The highest BCUT2D eigenvalue weighted by molar-refractivity contribution is 7.89. The van der Waals surface area contributed by atoms with Crippen molar-refractivity contribution in [2.45, 2.75) is 24.7 Å². The number of hydrogen-bond acceptors (Lipinski definition) is 5. The van der Waals surface area contributed by atoms with E-state index in [0.29, 0.717) is 23.6 Å². The Morgan fingerprint density at radius 3 is 2.27 bits per heavy atom. The minimum atomic E-state index is -3.63. The smallest absolute Gasteiger partial charge is 0.309 e. The van der Waals surface area contributed by atoms with E-state index in [1.807, 2.05) is 19.1 Å². The van der Waals surface area contributed by atoms with E-state index >= 15 is 0 Å². The molecule has 0 saturated carbocycles. The molecule has 1 N–H and O–H groups in total. The predicted molar refractivity (Wildman–Crippen MR) is 114 cm³/mol. The van der Waals surface area contributed by atoms with Crippen LogP contribution in [0.25, 0.3) is 0 Å². The molecule has 1 heterocycles. The van der Waals surface area contributed by atoms with Crippen LogP contribution in [0.3, 0.4) is 0 Å². The number of hydrogen-bond donors (Lipinski definition) is 1. The average molecular weight is 451 g/mol. The fourth-order valence-corrected chi connectivity index (χ4v) is 4.77. The van der Waals surface area contributed by atoms with Gasteiger partial charge in [0.05, 0.1) is 10.8 Å². The first kappa shape index (κ1) is 22.3. The van der Waals surface area contributed by atoms with Gasteiger partial charge in [-0.15, -0.1) is 0 Å². The summed E-state index contributed by atoms with van der Waals surface area (Å²) >= 11 is 5.82. The number of nitrogens with one attached hydrogen (secondary N) is 1. The summed E-state index contributed by atoms with van der Waals surface area (Å²) in [6.45, 7) is 1.98. The Kier molecular flexibility index (Phi) is 7.12. The first-order chi connectivity index (χ1) is 14.3. The van der Waals surface area contributed by atoms with Gasteiger partial charge >= 0.3 is 5.97 Å². The van der Waals surface area contributed by atoms with Crippen LogP contribution in [0.4, 0.5) is 5.69 Å². The second kappa shape index (κ2) is 9.59. The number of ether oxygens (including phenoxy) is 1. The Labute approximate surface area is 181 Å². The largest absolute Gasteiger partial charge is 0.455 e. The van der Waals surface area contributed by atoms with Crippen LogP contribution in [0.15, 0.2) is 53.4 Å². The maximum Gasteiger partial charge on any atom is 0.309 e. The highest BCUT2D eigenvalue weighted by atomic mass is 35.5. The molecule has 7 nitrogen and oxygen atoms in total. The summed E-state index contributed by atoms with van der Waals surface area (Å²) in [5.74, 6) is -1.35. The number of sulfonamides is 1. The normalized spacial score (nSPS) is 15.5. The molecule has 1 amide bonds. The third-order valence-electron chi connectivity index (χ3n) is 4.92. The fourth-order valence-electron chi connectivity index (χ4n) is 3.18. The zero-order valence-corrected chi connectivity index (χ0v) is 18.1. The molecule has 0 unspecified atom stereocenters. The lowest BCUT2D eigenvalue weighted by atomic mass is 9.98. The molecule has 160 valence electrons. The molecule has 1 fully saturated rings. The number of halogens is 1. The number of piperidine rings is 1. The number of anilines is 1. The molecule has 3 rings (SSSR count). The van der Waals surface area contributed by atoms with Crippen molar-refractivity contribution in [3.63, 3.8) is 0 Å². The van der Waals surface area contributed by atoms with Crippen molar-refractivity contribution >= 4 is 39.2 Å². The van der Waals surface area contributed by atoms with Crippen LogP contribution in [0.1, 0.15) is 18.4 Å². The first-order valence-corrected chi connectivity index (χ1v) is 11.4. The molecule has 0 spiro atoms. The molecule has 1 saturated heterocycles. The van der Waals surface area contributed by atoms with E-state index in [4.69, 9.17) is 16.3 Å². The first-order valence-electron chi connectivity index (χ1n) is 9.54. The van der Waals surface area contributed by atoms with Gasteiger partial charge in [-0.05, 0) is 56.2 Å². The standard InChI is InChI=1S/C21H23ClN2O5S/c1-15-2-6-18(7-3-15)23-20(25)14-29-21(26)16-10-12-24(13-11-16)30(27,28)19-8-4-17(22)5-9-19/h2-9,16H,10-14H2,1H3,(H,23,25). The van der Waals surface area contributed by atoms with Gasteiger partial charge in [0.1, 0.15) is 0 Å². The maximum absolute atomic E-state index is 12.7. The number of nitrogens with zero attached hydrogens (tertiary/aromatic N) is 1. The van der Waals surface area contributed by atoms with Crippen LogP contribution in [0, 0.1) is 12.8 Å². The summed E-state index contributed by atoms with van der Waals surface area (Å²) in [7, 11) is -3.63. The number of carbonyl (C=O) groups is 2. The average Bonchev–Trinajstić information content (AvgIpc) is 2.74. The summed E-state index contributed by atoms with van der Waals surface area (Å²) < 4.78 is 31.9. The Morgan fingerprint density at radius 2 is 1.67 bits per heavy atom. The van der Waals surface area contributed by atoms with Crippen LogP contribution < -0.4 is 5.32 Å². The van der Waals surface area contributed by atoms with E-state index in [2.05, 4.69) is 5.32 Å². The number of rotatable bonds is 6. The molecule has 30 heavy (non-hydrogen) atoms. The van der Waals surface area contributed by atoms with Gasteiger partial charge in [-0.1, -0.05) is 29.3 Å². The molecule has 2 aromatic rings. The van der Waals surface area contributed by atoms with Gasteiger partial charge in [-0.25, -0.2) is 8.42 Å². The van der Waals surface area contributed by atoms with Crippen molar-refractivity contribution < 1.29 is 22.7 Å². The SMILES string of the molecule is Cc1ccc(NC(=O)COC(=O)C2CCN(S(=O)(=O)c3ccc(Cl)cc3)CC2)cc1. The third-order valence-corrected chi connectivity index (χ3v) is 7.08. The summed E-state index contributed by atoms with van der Waals surface area (Å²) in [4.78, 5) is 24.4. The van der Waals surface area contributed by atoms with Gasteiger partial charge in [-0.2, -0.15) is 4.31 Å². The number of amides is 1. The maximum atomic E-state index is 12.7. The Bertz CT molecular complexity index is 999. The van der Waals surface area contributed by atoms with Crippen molar-refractivity contribution in [2.75, 3.05) is 25.0 Å². The van der Waals surface area contributed by atoms with Gasteiger partial charge in [0.25, 0.3) is 5.91 Å². The van der Waals surface area contributed by atoms with Crippen LogP contribution in [-0.4, -0.2) is 44.3 Å². The summed E-state index contributed by atoms with van der Waals surface area (Å²) in [5, 5.41) is 3.12. The molecular formula is C21H23ClN2O5S. The minimum absolute atomic E-state index is 0.167. The molecule has 0 atom stereocenters. The van der Waals surface area contributed by atoms with Crippen molar-refractivity contribution in [1.29, 1.82) is 0 Å². The summed E-state index contributed by atoms with van der Waals surface area (Å²) in [6, 6.07) is 13.3. The highest BCUT2D eigenvalue weighted by Gasteiger charge is 2.33. The van der Waals surface area contributed by atoms with Gasteiger partial charge in [0.15, 0.2) is 6.61 Å². The van der Waals surface area contributed by atoms with Gasteiger partial charge in [0, 0.05) is 23.8 Å². The van der Waals surface area contributed by atoms with Crippen molar-refractivity contribution in [2.24, 2.45) is 5.92 Å². The van der Waals surface area contributed by atoms with Crippen LogP contribution in [-0.2, 0) is 24.3 Å². The molecular weight excluding hydrogens is 428 g/mol. The van der Waals surface area contributed by atoms with E-state index in [-0.39, 0.29) is 24.6 Å². The summed E-state index contributed by atoms with van der Waals surface area (Å²) in [6.07, 6.45) is 0.677. The van der Waals surface area contributed by atoms with Gasteiger partial charge < -0.3 is 10.1 Å². The van der Waals surface area contributed by atoms with Crippen LogP contribution in [0.5, 0.6) is 0 Å². The molecule has 0 aliphatic carbocycles. The monoisotopic (exact) mass is 450 g/mol. The minimum Gasteiger partial charge on any atom is -0.455 e. The van der Waals surface area contributed by atoms with E-state index in [0.717, 1.165) is 5.56 Å². The molecule has 0 bridgehead atoms. The fraction of sp³-hybridized carbons (Fsp3) is 0.333. The Hall–Kier alpha value is -2.42. The van der Waals surface area contributed by atoms with E-state index in [9.17, 15) is 18.0 Å². The lowest BCUT2D eigenvalue weighted by Gasteiger charge is -2.30. The number of aryl methyl sites for hydroxylation is 1. The van der Waals surface area contributed by atoms with Crippen LogP contribution in [0.2, 0.25) is 5.02 Å². The topological polar surface area (TPSA) is 92.8 Å². The highest BCUT2D eigenvalue weighted by Crippen LogP contribution is 2.25. The van der Waals surface area contributed by atoms with E-state index in [1.54, 1.807) is 12.1 Å². The van der Waals surface area contributed by atoms with Gasteiger partial charge in [-0.3, -0.25) is 9.59 Å². The molecule has 9 heteroatoms.